The van der Waals surface area contributed by atoms with Crippen LogP contribution in [0, 0.1) is 0 Å². The highest BCUT2D eigenvalue weighted by Crippen LogP contribution is 2.18. The van der Waals surface area contributed by atoms with Crippen LogP contribution in [0.5, 0.6) is 0 Å². The Balaban J connectivity index is 2.11. The van der Waals surface area contributed by atoms with Gasteiger partial charge in [-0.3, -0.25) is 0 Å². The quantitative estimate of drug-likeness (QED) is 0.862. The molecule has 112 valence electrons. The number of rotatable bonds is 5. The summed E-state index contributed by atoms with van der Waals surface area (Å²) < 4.78 is 5.77. The summed E-state index contributed by atoms with van der Waals surface area (Å²) in [5.74, 6) is 1.90. The molecule has 0 aromatic carbocycles. The molecular formula is C13H24N6O. The third-order valence-electron chi connectivity index (χ3n) is 3.33. The zero-order valence-corrected chi connectivity index (χ0v) is 12.8. The molecule has 1 aliphatic heterocycles. The van der Waals surface area contributed by atoms with E-state index in [1.165, 1.54) is 12.8 Å². The first kappa shape index (κ1) is 14.8. The predicted molar refractivity (Wildman–Crippen MR) is 80.6 cm³/mol. The lowest BCUT2D eigenvalue weighted by molar-refractivity contribution is 0.0214. The number of hydrogen-bond acceptors (Lipinski definition) is 7. The summed E-state index contributed by atoms with van der Waals surface area (Å²) >= 11 is 0. The molecular weight excluding hydrogens is 256 g/mol. The molecule has 1 aliphatic rings. The normalized spacial score (nSPS) is 18.7. The van der Waals surface area contributed by atoms with E-state index in [1.807, 2.05) is 38.0 Å². The van der Waals surface area contributed by atoms with Crippen molar-refractivity contribution in [3.8, 4) is 0 Å². The minimum Gasteiger partial charge on any atom is -0.376 e. The number of ether oxygens (including phenoxy) is 1. The van der Waals surface area contributed by atoms with Gasteiger partial charge in [0.05, 0.1) is 6.10 Å². The molecule has 1 aromatic rings. The molecule has 0 aliphatic carbocycles. The summed E-state index contributed by atoms with van der Waals surface area (Å²) in [7, 11) is 7.64. The molecule has 0 radical (unpaired) electrons. The first-order valence-electron chi connectivity index (χ1n) is 7.04. The van der Waals surface area contributed by atoms with Crippen molar-refractivity contribution in [3.63, 3.8) is 0 Å². The molecule has 0 saturated carbocycles. The number of likely N-dealkylation sites (N-methyl/N-ethyl adjacent to an activating group) is 1. The van der Waals surface area contributed by atoms with Gasteiger partial charge in [-0.25, -0.2) is 0 Å². The first-order valence-corrected chi connectivity index (χ1v) is 7.04. The summed E-state index contributed by atoms with van der Waals surface area (Å²) in [4.78, 5) is 17.1. The third kappa shape index (κ3) is 3.69. The summed E-state index contributed by atoms with van der Waals surface area (Å²) in [5.41, 5.74) is 0. The van der Waals surface area contributed by atoms with Crippen molar-refractivity contribution in [1.29, 1.82) is 0 Å². The van der Waals surface area contributed by atoms with Crippen molar-refractivity contribution in [2.24, 2.45) is 0 Å². The van der Waals surface area contributed by atoms with Crippen LogP contribution in [0.15, 0.2) is 0 Å². The van der Waals surface area contributed by atoms with Gasteiger partial charge in [0, 0.05) is 41.3 Å². The lowest BCUT2D eigenvalue weighted by Gasteiger charge is -2.27. The highest BCUT2D eigenvalue weighted by Gasteiger charge is 2.18. The van der Waals surface area contributed by atoms with Gasteiger partial charge < -0.3 is 19.9 Å². The van der Waals surface area contributed by atoms with Crippen molar-refractivity contribution in [2.75, 3.05) is 56.5 Å². The second-order valence-corrected chi connectivity index (χ2v) is 5.27. The van der Waals surface area contributed by atoms with Crippen molar-refractivity contribution < 1.29 is 4.74 Å². The maximum absolute atomic E-state index is 5.77. The Morgan fingerprint density at radius 3 is 2.50 bits per heavy atom. The molecule has 7 heteroatoms. The van der Waals surface area contributed by atoms with Gasteiger partial charge in [0.25, 0.3) is 0 Å². The van der Waals surface area contributed by atoms with E-state index < -0.39 is 0 Å². The van der Waals surface area contributed by atoms with Gasteiger partial charge in [0.15, 0.2) is 0 Å². The summed E-state index contributed by atoms with van der Waals surface area (Å²) in [6, 6.07) is 0. The van der Waals surface area contributed by atoms with Gasteiger partial charge >= 0.3 is 0 Å². The molecule has 1 atom stereocenters. The molecule has 20 heavy (non-hydrogen) atoms. The van der Waals surface area contributed by atoms with Gasteiger partial charge in [0.1, 0.15) is 0 Å². The van der Waals surface area contributed by atoms with Gasteiger partial charge in [-0.1, -0.05) is 0 Å². The van der Waals surface area contributed by atoms with Crippen LogP contribution in [0.3, 0.4) is 0 Å². The standard InChI is InChI=1S/C13H24N6O/c1-14-11-15-12(18(2)3)17-13(16-11)19(4)9-10-7-5-6-8-20-10/h10H,5-9H2,1-4H3,(H,14,15,16,17). The maximum Gasteiger partial charge on any atom is 0.231 e. The Bertz CT molecular complexity index is 433. The molecule has 1 N–H and O–H groups in total. The van der Waals surface area contributed by atoms with E-state index in [1.54, 1.807) is 0 Å². The van der Waals surface area contributed by atoms with Gasteiger partial charge in [0.2, 0.25) is 17.8 Å². The van der Waals surface area contributed by atoms with Gasteiger partial charge in [-0.15, -0.1) is 0 Å². The predicted octanol–water partition coefficient (Wildman–Crippen LogP) is 0.985. The fourth-order valence-electron chi connectivity index (χ4n) is 2.17. The minimum atomic E-state index is 0.270. The van der Waals surface area contributed by atoms with Crippen molar-refractivity contribution in [3.05, 3.63) is 0 Å². The summed E-state index contributed by atoms with van der Waals surface area (Å²) in [5, 5.41) is 2.97. The molecule has 1 aromatic heterocycles. The van der Waals surface area contributed by atoms with Crippen molar-refractivity contribution in [1.82, 2.24) is 15.0 Å². The van der Waals surface area contributed by atoms with Crippen molar-refractivity contribution in [2.45, 2.75) is 25.4 Å². The fourth-order valence-corrected chi connectivity index (χ4v) is 2.17. The molecule has 1 saturated heterocycles. The van der Waals surface area contributed by atoms with Crippen LogP contribution >= 0.6 is 0 Å². The van der Waals surface area contributed by atoms with Crippen molar-refractivity contribution >= 4 is 17.8 Å². The second kappa shape index (κ2) is 6.69. The number of anilines is 3. The van der Waals surface area contributed by atoms with Crippen LogP contribution in [0.2, 0.25) is 0 Å². The average molecular weight is 280 g/mol. The van der Waals surface area contributed by atoms with Crippen LogP contribution in [-0.4, -0.2) is 62.4 Å². The van der Waals surface area contributed by atoms with E-state index in [9.17, 15) is 0 Å². The molecule has 0 spiro atoms. The Hall–Kier alpha value is -1.63. The van der Waals surface area contributed by atoms with Gasteiger partial charge in [-0.05, 0) is 19.3 Å². The second-order valence-electron chi connectivity index (χ2n) is 5.27. The Morgan fingerprint density at radius 2 is 1.90 bits per heavy atom. The first-order chi connectivity index (χ1) is 9.60. The van der Waals surface area contributed by atoms with E-state index in [0.29, 0.717) is 17.8 Å². The number of nitrogens with one attached hydrogen (secondary N) is 1. The zero-order chi connectivity index (χ0) is 14.5. The number of aromatic nitrogens is 3. The third-order valence-corrected chi connectivity index (χ3v) is 3.33. The molecule has 1 fully saturated rings. The molecule has 1 unspecified atom stereocenters. The van der Waals surface area contributed by atoms with Crippen LogP contribution < -0.4 is 15.1 Å². The smallest absolute Gasteiger partial charge is 0.231 e. The summed E-state index contributed by atoms with van der Waals surface area (Å²) in [6.07, 6.45) is 3.78. The topological polar surface area (TPSA) is 66.4 Å². The Labute approximate surface area is 120 Å². The maximum atomic E-state index is 5.77. The van der Waals surface area contributed by atoms with E-state index in [2.05, 4.69) is 20.3 Å². The lowest BCUT2D eigenvalue weighted by atomic mass is 10.1. The molecule has 7 nitrogen and oxygen atoms in total. The van der Waals surface area contributed by atoms with E-state index in [-0.39, 0.29) is 6.10 Å². The fraction of sp³-hybridized carbons (Fsp3) is 0.769. The Morgan fingerprint density at radius 1 is 1.15 bits per heavy atom. The zero-order valence-electron chi connectivity index (χ0n) is 12.8. The van der Waals surface area contributed by atoms with E-state index in [4.69, 9.17) is 4.74 Å². The van der Waals surface area contributed by atoms with Gasteiger partial charge in [-0.2, -0.15) is 15.0 Å². The number of hydrogen-bond donors (Lipinski definition) is 1. The van der Waals surface area contributed by atoms with Crippen LogP contribution in [0.1, 0.15) is 19.3 Å². The SMILES string of the molecule is CNc1nc(N(C)C)nc(N(C)CC2CCCCO2)n1. The highest BCUT2D eigenvalue weighted by molar-refractivity contribution is 5.43. The average Bonchev–Trinajstić information content (AvgIpc) is 2.47. The van der Waals surface area contributed by atoms with E-state index >= 15 is 0 Å². The molecule has 2 rings (SSSR count). The number of nitrogens with zero attached hydrogens (tertiary/aromatic N) is 5. The Kier molecular flexibility index (Phi) is 4.94. The lowest BCUT2D eigenvalue weighted by Crippen LogP contribution is -2.34. The summed E-state index contributed by atoms with van der Waals surface area (Å²) in [6.45, 7) is 1.67. The minimum absolute atomic E-state index is 0.270. The largest absolute Gasteiger partial charge is 0.376 e. The molecule has 2 heterocycles. The van der Waals surface area contributed by atoms with Crippen LogP contribution in [-0.2, 0) is 4.74 Å². The molecule has 0 bridgehead atoms. The van der Waals surface area contributed by atoms with Crippen LogP contribution in [0.25, 0.3) is 0 Å². The monoisotopic (exact) mass is 280 g/mol. The van der Waals surface area contributed by atoms with Crippen LogP contribution in [0.4, 0.5) is 17.8 Å². The molecule has 0 amide bonds. The van der Waals surface area contributed by atoms with E-state index in [0.717, 1.165) is 19.6 Å². The highest BCUT2D eigenvalue weighted by atomic mass is 16.5.